The zero-order valence-corrected chi connectivity index (χ0v) is 10.5. The lowest BCUT2D eigenvalue weighted by atomic mass is 10.0. The monoisotopic (exact) mass is 243 g/mol. The van der Waals surface area contributed by atoms with E-state index in [1.807, 2.05) is 18.2 Å². The van der Waals surface area contributed by atoms with E-state index in [-0.39, 0.29) is 12.4 Å². The molecule has 1 N–H and O–H groups in total. The van der Waals surface area contributed by atoms with Crippen molar-refractivity contribution in [1.29, 1.82) is 0 Å². The first-order valence-electron chi connectivity index (χ1n) is 5.31. The van der Waals surface area contributed by atoms with Gasteiger partial charge in [0.2, 0.25) is 0 Å². The predicted octanol–water partition coefficient (Wildman–Crippen LogP) is 2.55. The van der Waals surface area contributed by atoms with E-state index in [0.717, 1.165) is 30.0 Å². The Morgan fingerprint density at radius 3 is 2.25 bits per heavy atom. The first-order chi connectivity index (χ1) is 7.36. The molecule has 0 saturated carbocycles. The number of hydrogen-bond donors (Lipinski definition) is 1. The molecule has 0 spiro atoms. The molecule has 90 valence electrons. The molecule has 0 aliphatic carbocycles. The van der Waals surface area contributed by atoms with Crippen LogP contribution in [0.5, 0.6) is 11.5 Å². The molecule has 3 nitrogen and oxygen atoms in total. The summed E-state index contributed by atoms with van der Waals surface area (Å²) in [6, 6.07) is 6.29. The largest absolute Gasteiger partial charge is 0.496 e. The topological polar surface area (TPSA) is 30.5 Å². The Bertz CT molecular complexity index is 316. The molecule has 16 heavy (non-hydrogen) atoms. The van der Waals surface area contributed by atoms with Gasteiger partial charge in [-0.25, -0.2) is 0 Å². The van der Waals surface area contributed by atoms with Crippen molar-refractivity contribution in [3.05, 3.63) is 23.8 Å². The van der Waals surface area contributed by atoms with Crippen molar-refractivity contribution in [2.24, 2.45) is 0 Å². The van der Waals surface area contributed by atoms with Crippen LogP contribution in [0.25, 0.3) is 0 Å². The summed E-state index contributed by atoms with van der Waals surface area (Å²) >= 11 is 0. The van der Waals surface area contributed by atoms with Crippen LogP contribution in [-0.4, -0.2) is 20.8 Å². The van der Waals surface area contributed by atoms with Gasteiger partial charge in [0.05, 0.1) is 19.8 Å². The third-order valence-corrected chi connectivity index (χ3v) is 2.87. The number of ether oxygens (including phenoxy) is 2. The summed E-state index contributed by atoms with van der Waals surface area (Å²) in [6.07, 6.45) is 2.36. The lowest BCUT2D eigenvalue weighted by Crippen LogP contribution is -2.14. The van der Waals surface area contributed by atoms with E-state index in [1.54, 1.807) is 14.2 Å². The van der Waals surface area contributed by atoms with Crippen molar-refractivity contribution < 1.29 is 9.47 Å². The van der Waals surface area contributed by atoms with Crippen molar-refractivity contribution >= 4 is 12.4 Å². The second kappa shape index (κ2) is 5.97. The highest BCUT2D eigenvalue weighted by Crippen LogP contribution is 2.37. The van der Waals surface area contributed by atoms with Crippen LogP contribution in [0, 0.1) is 0 Å². The van der Waals surface area contributed by atoms with Crippen molar-refractivity contribution in [2.75, 3.05) is 20.8 Å². The van der Waals surface area contributed by atoms with Crippen molar-refractivity contribution in [2.45, 2.75) is 18.9 Å². The van der Waals surface area contributed by atoms with Crippen LogP contribution in [0.2, 0.25) is 0 Å². The van der Waals surface area contributed by atoms with E-state index >= 15 is 0 Å². The molecule has 1 aromatic carbocycles. The van der Waals surface area contributed by atoms with Gasteiger partial charge in [-0.05, 0) is 31.5 Å². The Morgan fingerprint density at radius 1 is 1.19 bits per heavy atom. The molecular formula is C12H18ClNO2. The number of hydrogen-bond acceptors (Lipinski definition) is 3. The maximum atomic E-state index is 5.38. The molecule has 1 aliphatic heterocycles. The van der Waals surface area contributed by atoms with Gasteiger partial charge in [-0.1, -0.05) is 6.07 Å². The molecule has 1 fully saturated rings. The van der Waals surface area contributed by atoms with Gasteiger partial charge in [0.1, 0.15) is 11.5 Å². The molecule has 0 radical (unpaired) electrons. The van der Waals surface area contributed by atoms with E-state index in [9.17, 15) is 0 Å². The van der Waals surface area contributed by atoms with Crippen LogP contribution < -0.4 is 14.8 Å². The van der Waals surface area contributed by atoms with Gasteiger partial charge in [0.15, 0.2) is 0 Å². The van der Waals surface area contributed by atoms with E-state index in [2.05, 4.69) is 5.32 Å². The van der Waals surface area contributed by atoms with Gasteiger partial charge in [-0.2, -0.15) is 0 Å². The minimum Gasteiger partial charge on any atom is -0.496 e. The van der Waals surface area contributed by atoms with Crippen LogP contribution in [0.1, 0.15) is 24.4 Å². The zero-order chi connectivity index (χ0) is 10.7. The van der Waals surface area contributed by atoms with Gasteiger partial charge in [-0.15, -0.1) is 12.4 Å². The maximum Gasteiger partial charge on any atom is 0.127 e. The maximum absolute atomic E-state index is 5.38. The zero-order valence-electron chi connectivity index (χ0n) is 9.66. The first-order valence-corrected chi connectivity index (χ1v) is 5.31. The molecule has 1 aromatic rings. The summed E-state index contributed by atoms with van der Waals surface area (Å²) in [5.41, 5.74) is 1.15. The number of methoxy groups -OCH3 is 2. The first kappa shape index (κ1) is 13.1. The number of halogens is 1. The third-order valence-electron chi connectivity index (χ3n) is 2.87. The summed E-state index contributed by atoms with van der Waals surface area (Å²) < 4.78 is 10.8. The number of nitrogens with one attached hydrogen (secondary N) is 1. The minimum atomic E-state index is 0. The van der Waals surface area contributed by atoms with Gasteiger partial charge in [-0.3, -0.25) is 0 Å². The quantitative estimate of drug-likeness (QED) is 0.885. The molecule has 1 atom stereocenters. The molecule has 1 aliphatic rings. The fraction of sp³-hybridized carbons (Fsp3) is 0.500. The van der Waals surface area contributed by atoms with Gasteiger partial charge in [0.25, 0.3) is 0 Å². The Hall–Kier alpha value is -0.930. The Kier molecular flexibility index (Phi) is 4.90. The summed E-state index contributed by atoms with van der Waals surface area (Å²) in [5.74, 6) is 1.82. The Labute approximate surface area is 103 Å². The molecular weight excluding hydrogens is 226 g/mol. The lowest BCUT2D eigenvalue weighted by molar-refractivity contribution is 0.375. The average molecular weight is 244 g/mol. The molecule has 2 rings (SSSR count). The highest BCUT2D eigenvalue weighted by molar-refractivity contribution is 5.85. The van der Waals surface area contributed by atoms with E-state index < -0.39 is 0 Å². The molecule has 0 aromatic heterocycles. The standard InChI is InChI=1S/C12H17NO2.ClH/c1-14-10-6-3-7-11(15-2)12(10)9-5-4-8-13-9;/h3,6-7,9,13H,4-5,8H2,1-2H3;1H/t9-;/m0./s1. The van der Waals surface area contributed by atoms with Gasteiger partial charge < -0.3 is 14.8 Å². The predicted molar refractivity (Wildman–Crippen MR) is 66.8 cm³/mol. The summed E-state index contributed by atoms with van der Waals surface area (Å²) in [6.45, 7) is 1.08. The van der Waals surface area contributed by atoms with Crippen molar-refractivity contribution in [3.8, 4) is 11.5 Å². The van der Waals surface area contributed by atoms with E-state index in [0.29, 0.717) is 6.04 Å². The second-order valence-electron chi connectivity index (χ2n) is 3.73. The smallest absolute Gasteiger partial charge is 0.127 e. The van der Waals surface area contributed by atoms with Crippen LogP contribution in [0.4, 0.5) is 0 Å². The van der Waals surface area contributed by atoms with E-state index in [1.165, 1.54) is 6.42 Å². The van der Waals surface area contributed by atoms with E-state index in [4.69, 9.17) is 9.47 Å². The fourth-order valence-corrected chi connectivity index (χ4v) is 2.15. The van der Waals surface area contributed by atoms with Crippen LogP contribution in [-0.2, 0) is 0 Å². The van der Waals surface area contributed by atoms with Crippen molar-refractivity contribution in [1.82, 2.24) is 5.32 Å². The number of rotatable bonds is 3. The van der Waals surface area contributed by atoms with Gasteiger partial charge >= 0.3 is 0 Å². The summed E-state index contributed by atoms with van der Waals surface area (Å²) in [7, 11) is 3.40. The van der Waals surface area contributed by atoms with Crippen LogP contribution >= 0.6 is 12.4 Å². The summed E-state index contributed by atoms with van der Waals surface area (Å²) in [4.78, 5) is 0. The highest BCUT2D eigenvalue weighted by atomic mass is 35.5. The molecule has 0 amide bonds. The normalized spacial score (nSPS) is 19.0. The lowest BCUT2D eigenvalue weighted by Gasteiger charge is -2.18. The third kappa shape index (κ3) is 2.42. The molecule has 1 saturated heterocycles. The number of benzene rings is 1. The fourth-order valence-electron chi connectivity index (χ4n) is 2.15. The van der Waals surface area contributed by atoms with Crippen LogP contribution in [0.3, 0.4) is 0 Å². The Morgan fingerprint density at radius 2 is 1.81 bits per heavy atom. The SMILES string of the molecule is COc1cccc(OC)c1[C@@H]1CCCN1.Cl. The average Bonchev–Trinajstić information content (AvgIpc) is 2.81. The van der Waals surface area contributed by atoms with Gasteiger partial charge in [0, 0.05) is 6.04 Å². The van der Waals surface area contributed by atoms with Crippen LogP contribution in [0.15, 0.2) is 18.2 Å². The minimum absolute atomic E-state index is 0. The summed E-state index contributed by atoms with van der Waals surface area (Å²) in [5, 5.41) is 3.46. The second-order valence-corrected chi connectivity index (χ2v) is 3.73. The molecule has 4 heteroatoms. The molecule has 0 unspecified atom stereocenters. The molecule has 0 bridgehead atoms. The highest BCUT2D eigenvalue weighted by Gasteiger charge is 2.23. The van der Waals surface area contributed by atoms with Crippen molar-refractivity contribution in [3.63, 3.8) is 0 Å². The Balaban J connectivity index is 0.00000128. The molecule has 1 heterocycles.